The molecule has 0 radical (unpaired) electrons. The zero-order valence-electron chi connectivity index (χ0n) is 13.2. The van der Waals surface area contributed by atoms with Gasteiger partial charge in [-0.25, -0.2) is 9.97 Å². The third kappa shape index (κ3) is 2.33. The summed E-state index contributed by atoms with van der Waals surface area (Å²) in [7, 11) is 1.83. The van der Waals surface area contributed by atoms with Crippen LogP contribution in [0.15, 0.2) is 35.2 Å². The first-order chi connectivity index (χ1) is 11.8. The van der Waals surface area contributed by atoms with Gasteiger partial charge in [-0.15, -0.1) is 0 Å². The van der Waals surface area contributed by atoms with Gasteiger partial charge in [0.1, 0.15) is 12.3 Å². The number of imidazole rings is 1. The van der Waals surface area contributed by atoms with Crippen LogP contribution in [0.3, 0.4) is 0 Å². The second kappa shape index (κ2) is 5.83. The van der Waals surface area contributed by atoms with Crippen LogP contribution < -0.4 is 10.6 Å². The first-order valence-corrected chi connectivity index (χ1v) is 7.75. The summed E-state index contributed by atoms with van der Waals surface area (Å²) in [6, 6.07) is 3.72. The first-order valence-electron chi connectivity index (χ1n) is 7.75. The largest absolute Gasteiger partial charge is 0.453 e. The fourth-order valence-electron chi connectivity index (χ4n) is 2.89. The molecule has 120 valence electrons. The number of rotatable bonds is 3. The molecule has 0 unspecified atom stereocenters. The van der Waals surface area contributed by atoms with Gasteiger partial charge in [0.2, 0.25) is 5.76 Å². The molecule has 0 spiro atoms. The summed E-state index contributed by atoms with van der Waals surface area (Å²) < 4.78 is 7.22. The third-order valence-corrected chi connectivity index (χ3v) is 4.09. The molecule has 4 rings (SSSR count). The third-order valence-electron chi connectivity index (χ3n) is 4.09. The van der Waals surface area contributed by atoms with Crippen LogP contribution in [0.2, 0.25) is 0 Å². The molecule has 0 fully saturated rings. The zero-order chi connectivity index (χ0) is 16.5. The molecule has 4 heterocycles. The van der Waals surface area contributed by atoms with E-state index in [9.17, 15) is 0 Å². The SMILES string of the molecule is CNc1nc(C2=CCCNC2)cn2c(-c3coc(C#N)c3)cnc12. The van der Waals surface area contributed by atoms with Gasteiger partial charge in [-0.3, -0.25) is 4.40 Å². The minimum absolute atomic E-state index is 0.280. The molecular weight excluding hydrogens is 304 g/mol. The van der Waals surface area contributed by atoms with Crippen LogP contribution in [0, 0.1) is 11.3 Å². The number of furan rings is 1. The van der Waals surface area contributed by atoms with Gasteiger partial charge < -0.3 is 15.1 Å². The quantitative estimate of drug-likeness (QED) is 0.769. The van der Waals surface area contributed by atoms with E-state index < -0.39 is 0 Å². The van der Waals surface area contributed by atoms with Crippen molar-refractivity contribution in [1.29, 1.82) is 5.26 Å². The Balaban J connectivity index is 1.90. The molecular formula is C17H16N6O. The summed E-state index contributed by atoms with van der Waals surface area (Å²) in [5, 5.41) is 15.4. The lowest BCUT2D eigenvalue weighted by Crippen LogP contribution is -2.22. The molecule has 2 N–H and O–H groups in total. The van der Waals surface area contributed by atoms with Crippen LogP contribution in [0.1, 0.15) is 17.9 Å². The van der Waals surface area contributed by atoms with Crippen molar-refractivity contribution < 1.29 is 4.42 Å². The van der Waals surface area contributed by atoms with E-state index in [1.54, 1.807) is 18.5 Å². The molecule has 0 aromatic carbocycles. The topological polar surface area (TPSA) is 91.2 Å². The Morgan fingerprint density at radius 1 is 1.46 bits per heavy atom. The lowest BCUT2D eigenvalue weighted by Gasteiger charge is -2.15. The number of hydrogen-bond acceptors (Lipinski definition) is 6. The maximum absolute atomic E-state index is 8.96. The van der Waals surface area contributed by atoms with Crippen molar-refractivity contribution in [3.8, 4) is 17.3 Å². The van der Waals surface area contributed by atoms with Crippen LogP contribution in [-0.4, -0.2) is 34.5 Å². The second-order valence-electron chi connectivity index (χ2n) is 5.57. The Morgan fingerprint density at radius 2 is 2.38 bits per heavy atom. The fourth-order valence-corrected chi connectivity index (χ4v) is 2.89. The zero-order valence-corrected chi connectivity index (χ0v) is 13.2. The molecule has 7 nitrogen and oxygen atoms in total. The summed E-state index contributed by atoms with van der Waals surface area (Å²) in [5.41, 5.74) is 4.49. The normalized spacial score (nSPS) is 14.4. The summed E-state index contributed by atoms with van der Waals surface area (Å²) in [6.07, 6.45) is 8.53. The maximum Gasteiger partial charge on any atom is 0.203 e. The highest BCUT2D eigenvalue weighted by molar-refractivity contribution is 5.74. The highest BCUT2D eigenvalue weighted by Gasteiger charge is 2.16. The number of fused-ring (bicyclic) bond motifs is 1. The van der Waals surface area contributed by atoms with E-state index in [0.29, 0.717) is 5.82 Å². The summed E-state index contributed by atoms with van der Waals surface area (Å²) in [5.74, 6) is 0.997. The van der Waals surface area contributed by atoms with Crippen molar-refractivity contribution >= 4 is 17.0 Å². The molecule has 0 saturated heterocycles. The van der Waals surface area contributed by atoms with Gasteiger partial charge in [-0.05, 0) is 18.5 Å². The summed E-state index contributed by atoms with van der Waals surface area (Å²) in [4.78, 5) is 9.16. The predicted octanol–water partition coefficient (Wildman–Crippen LogP) is 2.28. The van der Waals surface area contributed by atoms with E-state index in [1.165, 1.54) is 5.57 Å². The maximum atomic E-state index is 8.96. The number of nitrogens with one attached hydrogen (secondary N) is 2. The van der Waals surface area contributed by atoms with Crippen molar-refractivity contribution in [2.75, 3.05) is 25.5 Å². The minimum Gasteiger partial charge on any atom is -0.453 e. The van der Waals surface area contributed by atoms with Gasteiger partial charge in [0, 0.05) is 31.4 Å². The molecule has 3 aromatic rings. The molecule has 24 heavy (non-hydrogen) atoms. The molecule has 7 heteroatoms. The standard InChI is InChI=1S/C17H16N6O/c1-19-16-17-21-8-15(12-5-13(6-18)24-10-12)23(17)9-14(22-16)11-3-2-4-20-7-11/h3,5,8-10,20H,2,4,7H2,1H3,(H,19,22). The molecule has 1 aliphatic rings. The van der Waals surface area contributed by atoms with Crippen molar-refractivity contribution in [3.63, 3.8) is 0 Å². The van der Waals surface area contributed by atoms with E-state index in [0.717, 1.165) is 42.1 Å². The molecule has 0 aliphatic carbocycles. The van der Waals surface area contributed by atoms with Gasteiger partial charge in [-0.1, -0.05) is 6.08 Å². The van der Waals surface area contributed by atoms with Crippen LogP contribution in [0.4, 0.5) is 5.82 Å². The molecule has 0 atom stereocenters. The van der Waals surface area contributed by atoms with Gasteiger partial charge in [0.15, 0.2) is 11.5 Å². The molecule has 0 saturated carbocycles. The average molecular weight is 320 g/mol. The van der Waals surface area contributed by atoms with Crippen LogP contribution >= 0.6 is 0 Å². The Kier molecular flexibility index (Phi) is 3.52. The van der Waals surface area contributed by atoms with Gasteiger partial charge in [0.25, 0.3) is 0 Å². The Bertz CT molecular complexity index is 975. The molecule has 3 aromatic heterocycles. The summed E-state index contributed by atoms with van der Waals surface area (Å²) in [6.45, 7) is 1.79. The van der Waals surface area contributed by atoms with Crippen LogP contribution in [0.5, 0.6) is 0 Å². The van der Waals surface area contributed by atoms with Crippen LogP contribution in [0.25, 0.3) is 22.5 Å². The van der Waals surface area contributed by atoms with E-state index in [2.05, 4.69) is 21.7 Å². The highest BCUT2D eigenvalue weighted by atomic mass is 16.3. The van der Waals surface area contributed by atoms with E-state index in [-0.39, 0.29) is 5.76 Å². The lowest BCUT2D eigenvalue weighted by atomic mass is 10.1. The Labute approximate surface area is 138 Å². The van der Waals surface area contributed by atoms with Crippen molar-refractivity contribution in [1.82, 2.24) is 19.7 Å². The number of aromatic nitrogens is 3. The second-order valence-corrected chi connectivity index (χ2v) is 5.57. The fraction of sp³-hybridized carbons (Fsp3) is 0.235. The molecule has 1 aliphatic heterocycles. The molecule has 0 bridgehead atoms. The number of nitrogens with zero attached hydrogens (tertiary/aromatic N) is 4. The van der Waals surface area contributed by atoms with Gasteiger partial charge >= 0.3 is 0 Å². The number of hydrogen-bond donors (Lipinski definition) is 2. The number of nitriles is 1. The lowest BCUT2D eigenvalue weighted by molar-refractivity contribution is 0.553. The van der Waals surface area contributed by atoms with Crippen LogP contribution in [-0.2, 0) is 0 Å². The van der Waals surface area contributed by atoms with Crippen molar-refractivity contribution in [2.45, 2.75) is 6.42 Å². The van der Waals surface area contributed by atoms with E-state index in [4.69, 9.17) is 14.7 Å². The van der Waals surface area contributed by atoms with Crippen molar-refractivity contribution in [3.05, 3.63) is 42.3 Å². The smallest absolute Gasteiger partial charge is 0.203 e. The monoisotopic (exact) mass is 320 g/mol. The highest BCUT2D eigenvalue weighted by Crippen LogP contribution is 2.27. The van der Waals surface area contributed by atoms with E-state index in [1.807, 2.05) is 23.7 Å². The summed E-state index contributed by atoms with van der Waals surface area (Å²) >= 11 is 0. The average Bonchev–Trinajstić information content (AvgIpc) is 3.27. The Hall–Kier alpha value is -3.11. The predicted molar refractivity (Wildman–Crippen MR) is 90.4 cm³/mol. The Morgan fingerprint density at radius 3 is 3.08 bits per heavy atom. The molecule has 0 amide bonds. The van der Waals surface area contributed by atoms with Gasteiger partial charge in [0.05, 0.1) is 17.6 Å². The van der Waals surface area contributed by atoms with E-state index >= 15 is 0 Å². The van der Waals surface area contributed by atoms with Crippen molar-refractivity contribution in [2.24, 2.45) is 0 Å². The number of anilines is 1. The van der Waals surface area contributed by atoms with Gasteiger partial charge in [-0.2, -0.15) is 5.26 Å². The first kappa shape index (κ1) is 14.5. The minimum atomic E-state index is 0.280.